The van der Waals surface area contributed by atoms with E-state index in [1.807, 2.05) is 0 Å². The number of carboxylic acids is 1. The molecule has 0 rings (SSSR count). The third-order valence-electron chi connectivity index (χ3n) is 0.813. The lowest BCUT2D eigenvalue weighted by Crippen LogP contribution is -2.31. The lowest BCUT2D eigenvalue weighted by Gasteiger charge is -2.18. The van der Waals surface area contributed by atoms with Crippen molar-refractivity contribution in [2.24, 2.45) is 0 Å². The normalized spacial score (nSPS) is 17.8. The van der Waals surface area contributed by atoms with Crippen molar-refractivity contribution in [2.45, 2.75) is 9.96 Å². The number of aliphatic carboxylic acids is 1. The predicted octanol–water partition coefficient (Wildman–Crippen LogP) is 2.52. The van der Waals surface area contributed by atoms with Crippen LogP contribution in [0.15, 0.2) is 12.2 Å². The Labute approximate surface area is 79.1 Å². The van der Waals surface area contributed by atoms with Crippen LogP contribution in [0.4, 0.5) is 13.2 Å². The van der Waals surface area contributed by atoms with E-state index in [0.717, 1.165) is 0 Å². The van der Waals surface area contributed by atoms with Crippen LogP contribution in [0.25, 0.3) is 0 Å². The first kappa shape index (κ1) is 11.8. The van der Waals surface area contributed by atoms with Gasteiger partial charge in [0.05, 0.1) is 0 Å². The maximum atomic E-state index is 12.6. The molecule has 1 N–H and O–H groups in total. The fourth-order valence-corrected chi connectivity index (χ4v) is 0.466. The summed E-state index contributed by atoms with van der Waals surface area (Å²) in [7, 11) is 0. The lowest BCUT2D eigenvalue weighted by molar-refractivity contribution is -0.131. The van der Waals surface area contributed by atoms with Crippen molar-refractivity contribution in [1.82, 2.24) is 0 Å². The molecular formula is C5H3BrClF3O2. The van der Waals surface area contributed by atoms with Crippen LogP contribution < -0.4 is 0 Å². The standard InChI is InChI=1S/C5H3BrClF3O2/c6-5(9,10)4(7,8)2-1-3(11)12/h1-2H,(H,11,12)/t4-/m1/s1. The second kappa shape index (κ2) is 3.66. The van der Waals surface area contributed by atoms with Crippen molar-refractivity contribution >= 4 is 33.5 Å². The van der Waals surface area contributed by atoms with E-state index in [-0.39, 0.29) is 12.2 Å². The molecule has 0 aliphatic rings. The van der Waals surface area contributed by atoms with Crippen molar-refractivity contribution in [1.29, 1.82) is 0 Å². The average Bonchev–Trinajstić information content (AvgIpc) is 1.81. The van der Waals surface area contributed by atoms with Crippen molar-refractivity contribution in [2.75, 3.05) is 0 Å². The summed E-state index contributed by atoms with van der Waals surface area (Å²) in [5.74, 6) is -1.56. The maximum absolute atomic E-state index is 12.6. The first-order valence-corrected chi connectivity index (χ1v) is 3.70. The monoisotopic (exact) mass is 266 g/mol. The minimum atomic E-state index is -4.01. The van der Waals surface area contributed by atoms with Gasteiger partial charge in [0, 0.05) is 6.08 Å². The topological polar surface area (TPSA) is 37.3 Å². The molecule has 2 nitrogen and oxygen atoms in total. The van der Waals surface area contributed by atoms with Gasteiger partial charge in [0.1, 0.15) is 0 Å². The van der Waals surface area contributed by atoms with Gasteiger partial charge in [-0.05, 0) is 22.0 Å². The molecule has 0 aromatic heterocycles. The van der Waals surface area contributed by atoms with Crippen molar-refractivity contribution < 1.29 is 23.1 Å². The number of rotatable bonds is 3. The van der Waals surface area contributed by atoms with Crippen LogP contribution in [0.1, 0.15) is 0 Å². The van der Waals surface area contributed by atoms with E-state index in [1.54, 1.807) is 15.9 Å². The van der Waals surface area contributed by atoms with E-state index in [0.29, 0.717) is 0 Å². The highest BCUT2D eigenvalue weighted by Gasteiger charge is 2.49. The molecule has 0 bridgehead atoms. The molecule has 70 valence electrons. The van der Waals surface area contributed by atoms with Crippen LogP contribution in [0.2, 0.25) is 0 Å². The Balaban J connectivity index is 4.54. The Morgan fingerprint density at radius 2 is 1.92 bits per heavy atom. The third-order valence-corrected chi connectivity index (χ3v) is 1.98. The molecule has 0 unspecified atom stereocenters. The second-order valence-electron chi connectivity index (χ2n) is 1.79. The summed E-state index contributed by atoms with van der Waals surface area (Å²) in [6, 6.07) is 0. The van der Waals surface area contributed by atoms with E-state index >= 15 is 0 Å². The Bertz CT molecular complexity index is 211. The fourth-order valence-electron chi connectivity index (χ4n) is 0.270. The highest BCUT2D eigenvalue weighted by molar-refractivity contribution is 9.10. The van der Waals surface area contributed by atoms with Gasteiger partial charge in [0.2, 0.25) is 0 Å². The van der Waals surface area contributed by atoms with Gasteiger partial charge in [-0.15, -0.1) is 0 Å². The number of halogens is 5. The highest BCUT2D eigenvalue weighted by atomic mass is 79.9. The molecule has 0 spiro atoms. The average molecular weight is 267 g/mol. The molecule has 1 atom stereocenters. The van der Waals surface area contributed by atoms with Crippen LogP contribution in [-0.2, 0) is 4.79 Å². The quantitative estimate of drug-likeness (QED) is 0.630. The SMILES string of the molecule is O=C(O)C=C[C@](F)(Cl)C(F)(F)Br. The van der Waals surface area contributed by atoms with Gasteiger partial charge in [-0.25, -0.2) is 9.18 Å². The first-order valence-electron chi connectivity index (χ1n) is 2.53. The smallest absolute Gasteiger partial charge is 0.352 e. The summed E-state index contributed by atoms with van der Waals surface area (Å²) in [4.78, 5) is 5.79. The highest BCUT2D eigenvalue weighted by Crippen LogP contribution is 2.42. The Hall–Kier alpha value is -0.230. The molecule has 0 aromatic carbocycles. The van der Waals surface area contributed by atoms with Crippen molar-refractivity contribution in [3.8, 4) is 0 Å². The van der Waals surface area contributed by atoms with E-state index in [1.165, 1.54) is 0 Å². The van der Waals surface area contributed by atoms with Crippen molar-refractivity contribution in [3.05, 3.63) is 12.2 Å². The minimum Gasteiger partial charge on any atom is -0.478 e. The van der Waals surface area contributed by atoms with E-state index in [2.05, 4.69) is 11.6 Å². The predicted molar refractivity (Wildman–Crippen MR) is 40.3 cm³/mol. The van der Waals surface area contributed by atoms with E-state index < -0.39 is 15.9 Å². The largest absolute Gasteiger partial charge is 0.478 e. The summed E-state index contributed by atoms with van der Waals surface area (Å²) >= 11 is 6.31. The molecule has 0 amide bonds. The molecule has 0 radical (unpaired) electrons. The van der Waals surface area contributed by atoms with E-state index in [9.17, 15) is 18.0 Å². The number of hydrogen-bond donors (Lipinski definition) is 1. The maximum Gasteiger partial charge on any atom is 0.352 e. The van der Waals surface area contributed by atoms with Gasteiger partial charge in [-0.2, -0.15) is 8.78 Å². The lowest BCUT2D eigenvalue weighted by atomic mass is 10.3. The summed E-state index contributed by atoms with van der Waals surface area (Å²) in [6.45, 7) is 0. The first-order chi connectivity index (χ1) is 5.17. The molecule has 12 heavy (non-hydrogen) atoms. The number of hydrogen-bond acceptors (Lipinski definition) is 1. The Kier molecular flexibility index (Phi) is 3.59. The van der Waals surface area contributed by atoms with Gasteiger partial charge < -0.3 is 5.11 Å². The second-order valence-corrected chi connectivity index (χ2v) is 3.34. The van der Waals surface area contributed by atoms with Gasteiger partial charge in [0.25, 0.3) is 5.13 Å². The van der Waals surface area contributed by atoms with Gasteiger partial charge in [-0.1, -0.05) is 11.6 Å². The summed E-state index contributed by atoms with van der Waals surface area (Å²) in [6.07, 6.45) is 0.244. The zero-order valence-electron chi connectivity index (χ0n) is 5.40. The Morgan fingerprint density at radius 1 is 1.50 bits per heavy atom. The van der Waals surface area contributed by atoms with Gasteiger partial charge in [-0.3, -0.25) is 0 Å². The zero-order chi connectivity index (χ0) is 9.99. The molecule has 0 heterocycles. The number of carbonyl (C=O) groups is 1. The molecule has 7 heteroatoms. The number of carboxylic acid groups (broad SMARTS) is 1. The molecule has 0 saturated heterocycles. The third kappa shape index (κ3) is 3.44. The van der Waals surface area contributed by atoms with Gasteiger partial charge in [0.15, 0.2) is 0 Å². The van der Waals surface area contributed by atoms with Crippen LogP contribution in [0.3, 0.4) is 0 Å². The molecule has 0 aromatic rings. The van der Waals surface area contributed by atoms with Crippen LogP contribution >= 0.6 is 27.5 Å². The molecule has 0 saturated carbocycles. The molecule has 0 aliphatic heterocycles. The van der Waals surface area contributed by atoms with Crippen LogP contribution in [0, 0.1) is 0 Å². The Morgan fingerprint density at radius 3 is 2.17 bits per heavy atom. The molecular weight excluding hydrogens is 264 g/mol. The zero-order valence-corrected chi connectivity index (χ0v) is 7.74. The fraction of sp³-hybridized carbons (Fsp3) is 0.400. The van der Waals surface area contributed by atoms with Crippen LogP contribution in [-0.4, -0.2) is 21.0 Å². The van der Waals surface area contributed by atoms with E-state index in [4.69, 9.17) is 5.11 Å². The number of alkyl halides is 5. The molecule has 0 fully saturated rings. The summed E-state index contributed by atoms with van der Waals surface area (Å²) in [5.41, 5.74) is 0. The van der Waals surface area contributed by atoms with Crippen LogP contribution in [0.5, 0.6) is 0 Å². The minimum absolute atomic E-state index is 0.0473. The summed E-state index contributed by atoms with van der Waals surface area (Å²) in [5, 5.41) is 4.43. The number of allylic oxidation sites excluding steroid dienone is 1. The molecule has 0 aliphatic carbocycles. The van der Waals surface area contributed by atoms with Crippen molar-refractivity contribution in [3.63, 3.8) is 0 Å². The van der Waals surface area contributed by atoms with Gasteiger partial charge >= 0.3 is 10.8 Å². The summed E-state index contributed by atoms with van der Waals surface area (Å²) < 4.78 is 36.8.